The van der Waals surface area contributed by atoms with Gasteiger partial charge in [0, 0.05) is 6.42 Å². The first kappa shape index (κ1) is 20.1. The van der Waals surface area contributed by atoms with Gasteiger partial charge in [0.25, 0.3) is 10.1 Å². The zero-order valence-electron chi connectivity index (χ0n) is 11.2. The number of nitrogens with one attached hydrogen (secondary N) is 1. The molecule has 2 N–H and O–H groups in total. The van der Waals surface area contributed by atoms with Gasteiger partial charge >= 0.3 is 0 Å². The molecular formula is C11H25F2NO3S. The van der Waals surface area contributed by atoms with Crippen LogP contribution in [0.2, 0.25) is 0 Å². The Balaban J connectivity index is 0. The Labute approximate surface area is 109 Å². The van der Waals surface area contributed by atoms with Gasteiger partial charge in [-0.15, -0.1) is 0 Å². The van der Waals surface area contributed by atoms with Gasteiger partial charge in [0.2, 0.25) is 6.43 Å². The lowest BCUT2D eigenvalue weighted by molar-refractivity contribution is 0.133. The Morgan fingerprint density at radius 3 is 1.78 bits per heavy atom. The summed E-state index contributed by atoms with van der Waals surface area (Å²) < 4.78 is 52.4. The molecule has 0 heterocycles. The van der Waals surface area contributed by atoms with E-state index >= 15 is 0 Å². The van der Waals surface area contributed by atoms with E-state index in [-0.39, 0.29) is 12.2 Å². The number of halogens is 2. The summed E-state index contributed by atoms with van der Waals surface area (Å²) in [5.74, 6) is -0.204. The molecule has 0 aromatic carbocycles. The summed E-state index contributed by atoms with van der Waals surface area (Å²) in [6, 6.07) is 0. The highest BCUT2D eigenvalue weighted by Gasteiger charge is 2.03. The van der Waals surface area contributed by atoms with Crippen LogP contribution >= 0.6 is 0 Å². The van der Waals surface area contributed by atoms with Crippen molar-refractivity contribution in [1.29, 1.82) is 0 Å². The smallest absolute Gasteiger partial charge is 0.264 e. The maximum Gasteiger partial charge on any atom is 0.264 e. The topological polar surface area (TPSA) is 66.4 Å². The molecule has 0 saturated heterocycles. The van der Waals surface area contributed by atoms with Crippen molar-refractivity contribution in [2.45, 2.75) is 51.4 Å². The molecule has 0 amide bonds. The van der Waals surface area contributed by atoms with Gasteiger partial charge in [-0.3, -0.25) is 4.55 Å². The lowest BCUT2D eigenvalue weighted by atomic mass is 10.1. The standard InChI is InChI=1S/C9H18F2O3S.C2H7N/c10-9(11)7-5-3-1-2-4-6-8-15(12,13)14;1-3-2/h9H,1-8H2,(H,12,13,14);3H,1-2H3. The van der Waals surface area contributed by atoms with E-state index in [1.165, 1.54) is 0 Å². The molecule has 0 aliphatic rings. The molecule has 18 heavy (non-hydrogen) atoms. The van der Waals surface area contributed by atoms with Gasteiger partial charge in [0.05, 0.1) is 5.75 Å². The quantitative estimate of drug-likeness (QED) is 0.506. The van der Waals surface area contributed by atoms with Gasteiger partial charge in [-0.05, 0) is 26.9 Å². The Bertz CT molecular complexity index is 259. The fourth-order valence-electron chi connectivity index (χ4n) is 1.29. The molecule has 0 aromatic rings. The van der Waals surface area contributed by atoms with Crippen molar-refractivity contribution in [3.8, 4) is 0 Å². The molecule has 0 aliphatic heterocycles. The Morgan fingerprint density at radius 1 is 1.00 bits per heavy atom. The maximum atomic E-state index is 11.7. The van der Waals surface area contributed by atoms with E-state index in [0.29, 0.717) is 19.3 Å². The van der Waals surface area contributed by atoms with Crippen molar-refractivity contribution in [2.24, 2.45) is 0 Å². The van der Waals surface area contributed by atoms with Crippen LogP contribution in [0.15, 0.2) is 0 Å². The van der Waals surface area contributed by atoms with Gasteiger partial charge in [-0.2, -0.15) is 8.42 Å². The number of hydrogen-bond donors (Lipinski definition) is 2. The molecule has 0 saturated carbocycles. The van der Waals surface area contributed by atoms with Crippen molar-refractivity contribution in [3.05, 3.63) is 0 Å². The second-order valence-corrected chi connectivity index (χ2v) is 5.66. The minimum atomic E-state index is -3.83. The molecule has 0 aliphatic carbocycles. The van der Waals surface area contributed by atoms with Crippen molar-refractivity contribution in [3.63, 3.8) is 0 Å². The monoisotopic (exact) mass is 289 g/mol. The van der Waals surface area contributed by atoms with Crippen LogP contribution in [0.3, 0.4) is 0 Å². The van der Waals surface area contributed by atoms with E-state index in [2.05, 4.69) is 5.32 Å². The third-order valence-corrected chi connectivity index (χ3v) is 2.88. The molecule has 4 nitrogen and oxygen atoms in total. The van der Waals surface area contributed by atoms with E-state index < -0.39 is 16.5 Å². The molecular weight excluding hydrogens is 264 g/mol. The SMILES string of the molecule is CNC.O=S(=O)(O)CCCCCCCCC(F)F. The van der Waals surface area contributed by atoms with Crippen LogP contribution in [0.1, 0.15) is 44.9 Å². The van der Waals surface area contributed by atoms with Crippen molar-refractivity contribution in [1.82, 2.24) is 5.32 Å². The molecule has 7 heteroatoms. The summed E-state index contributed by atoms with van der Waals surface area (Å²) >= 11 is 0. The first-order valence-corrected chi connectivity index (χ1v) is 7.76. The van der Waals surface area contributed by atoms with Gasteiger partial charge in [-0.1, -0.05) is 25.7 Å². The first-order chi connectivity index (χ1) is 8.33. The summed E-state index contributed by atoms with van der Waals surface area (Å²) in [4.78, 5) is 0. The number of rotatable bonds is 9. The highest BCUT2D eigenvalue weighted by atomic mass is 32.2. The van der Waals surface area contributed by atoms with Gasteiger partial charge in [0.1, 0.15) is 0 Å². The van der Waals surface area contributed by atoms with E-state index in [4.69, 9.17) is 4.55 Å². The molecule has 0 radical (unpaired) electrons. The van der Waals surface area contributed by atoms with Crippen LogP contribution in [-0.4, -0.2) is 39.2 Å². The number of unbranched alkanes of at least 4 members (excludes halogenated alkanes) is 5. The molecule has 0 aromatic heterocycles. The second-order valence-electron chi connectivity index (χ2n) is 4.09. The Kier molecular flexibility index (Phi) is 14.7. The fraction of sp³-hybridized carbons (Fsp3) is 1.00. The second kappa shape index (κ2) is 13.2. The van der Waals surface area contributed by atoms with Crippen molar-refractivity contribution < 1.29 is 21.8 Å². The van der Waals surface area contributed by atoms with Crippen LogP contribution in [-0.2, 0) is 10.1 Å². The summed E-state index contributed by atoms with van der Waals surface area (Å²) in [6.45, 7) is 0. The summed E-state index contributed by atoms with van der Waals surface area (Å²) in [6.07, 6.45) is 1.85. The minimum absolute atomic E-state index is 0.0506. The Hall–Kier alpha value is -0.270. The summed E-state index contributed by atoms with van der Waals surface area (Å²) in [7, 11) is -0.0819. The Morgan fingerprint density at radius 2 is 1.39 bits per heavy atom. The maximum absolute atomic E-state index is 11.7. The van der Waals surface area contributed by atoms with Crippen LogP contribution in [0.25, 0.3) is 0 Å². The van der Waals surface area contributed by atoms with Gasteiger partial charge < -0.3 is 5.32 Å². The predicted molar refractivity (Wildman–Crippen MR) is 69.7 cm³/mol. The average molecular weight is 289 g/mol. The van der Waals surface area contributed by atoms with Crippen LogP contribution < -0.4 is 5.32 Å². The molecule has 0 atom stereocenters. The normalized spacial score (nSPS) is 11.2. The minimum Gasteiger partial charge on any atom is -0.323 e. The third kappa shape index (κ3) is 24.8. The van der Waals surface area contributed by atoms with E-state index in [9.17, 15) is 17.2 Å². The van der Waals surface area contributed by atoms with Gasteiger partial charge in [0.15, 0.2) is 0 Å². The highest BCUT2D eigenvalue weighted by Crippen LogP contribution is 2.11. The molecule has 0 unspecified atom stereocenters. The summed E-state index contributed by atoms with van der Waals surface area (Å²) in [5.41, 5.74) is 0. The summed E-state index contributed by atoms with van der Waals surface area (Å²) in [5, 5.41) is 2.75. The van der Waals surface area contributed by atoms with Crippen molar-refractivity contribution in [2.75, 3.05) is 19.8 Å². The van der Waals surface area contributed by atoms with Crippen LogP contribution in [0.4, 0.5) is 8.78 Å². The van der Waals surface area contributed by atoms with E-state index in [1.54, 1.807) is 0 Å². The largest absolute Gasteiger partial charge is 0.323 e. The van der Waals surface area contributed by atoms with Crippen LogP contribution in [0, 0.1) is 0 Å². The number of hydrogen-bond acceptors (Lipinski definition) is 3. The third-order valence-electron chi connectivity index (χ3n) is 2.07. The lowest BCUT2D eigenvalue weighted by Crippen LogP contribution is -2.03. The molecule has 112 valence electrons. The zero-order chi connectivity index (χ0) is 14.4. The molecule has 0 rings (SSSR count). The van der Waals surface area contributed by atoms with E-state index in [1.807, 2.05) is 14.1 Å². The number of alkyl halides is 2. The van der Waals surface area contributed by atoms with Crippen LogP contribution in [0.5, 0.6) is 0 Å². The predicted octanol–water partition coefficient (Wildman–Crippen LogP) is 2.71. The highest BCUT2D eigenvalue weighted by molar-refractivity contribution is 7.85. The molecule has 0 spiro atoms. The average Bonchev–Trinajstić information content (AvgIpc) is 2.21. The first-order valence-electron chi connectivity index (χ1n) is 6.15. The van der Waals surface area contributed by atoms with Gasteiger partial charge in [-0.25, -0.2) is 8.78 Å². The fourth-order valence-corrected chi connectivity index (χ4v) is 1.86. The van der Waals surface area contributed by atoms with E-state index in [0.717, 1.165) is 19.3 Å². The van der Waals surface area contributed by atoms with Crippen molar-refractivity contribution >= 4 is 10.1 Å². The lowest BCUT2D eigenvalue weighted by Gasteiger charge is -2.01. The molecule has 0 fully saturated rings. The zero-order valence-corrected chi connectivity index (χ0v) is 12.0. The molecule has 0 bridgehead atoms.